The Balaban J connectivity index is 1.73. The fourth-order valence-corrected chi connectivity index (χ4v) is 2.79. The van der Waals surface area contributed by atoms with E-state index in [0.717, 1.165) is 30.9 Å². The third kappa shape index (κ3) is 4.82. The molecule has 0 N–H and O–H groups in total. The minimum absolute atomic E-state index is 0.0238. The Hall–Kier alpha value is -3.59. The standard InChI is InChI=1S/C23H18F2N2O2/c1-2-3-4-15-5-9-19(21(25)11-15)22-10-7-17(14-27-22)23(28)29-18-8-6-16(13-26)20(24)12-18/h5-12,14H,2-4H2,1H3. The lowest BCUT2D eigenvalue weighted by atomic mass is 10.0. The average Bonchev–Trinajstić information content (AvgIpc) is 2.72. The zero-order chi connectivity index (χ0) is 20.8. The summed E-state index contributed by atoms with van der Waals surface area (Å²) in [6.45, 7) is 2.08. The van der Waals surface area contributed by atoms with Gasteiger partial charge in [0.1, 0.15) is 23.5 Å². The van der Waals surface area contributed by atoms with Gasteiger partial charge < -0.3 is 4.74 Å². The highest BCUT2D eigenvalue weighted by Crippen LogP contribution is 2.23. The van der Waals surface area contributed by atoms with Crippen LogP contribution < -0.4 is 4.74 Å². The Morgan fingerprint density at radius 1 is 1.10 bits per heavy atom. The number of benzene rings is 2. The number of halogens is 2. The molecule has 0 saturated heterocycles. The first-order chi connectivity index (χ1) is 14.0. The van der Waals surface area contributed by atoms with Crippen LogP contribution in [0.5, 0.6) is 5.75 Å². The molecule has 2 aromatic carbocycles. The summed E-state index contributed by atoms with van der Waals surface area (Å²) in [5.74, 6) is -1.90. The molecule has 29 heavy (non-hydrogen) atoms. The van der Waals surface area contributed by atoms with E-state index in [2.05, 4.69) is 11.9 Å². The summed E-state index contributed by atoms with van der Waals surface area (Å²) in [5, 5.41) is 8.73. The van der Waals surface area contributed by atoms with Crippen LogP contribution >= 0.6 is 0 Å². The van der Waals surface area contributed by atoms with Crippen LogP contribution in [-0.4, -0.2) is 11.0 Å². The van der Waals surface area contributed by atoms with Crippen LogP contribution in [0.4, 0.5) is 8.78 Å². The Kier molecular flexibility index (Phi) is 6.30. The van der Waals surface area contributed by atoms with Gasteiger partial charge in [-0.2, -0.15) is 5.26 Å². The minimum atomic E-state index is -0.774. The maximum Gasteiger partial charge on any atom is 0.345 e. The van der Waals surface area contributed by atoms with Gasteiger partial charge in [0.2, 0.25) is 0 Å². The molecule has 0 amide bonds. The van der Waals surface area contributed by atoms with Crippen LogP contribution in [0.15, 0.2) is 54.7 Å². The fourth-order valence-electron chi connectivity index (χ4n) is 2.79. The number of rotatable bonds is 6. The van der Waals surface area contributed by atoms with Gasteiger partial charge in [0.25, 0.3) is 0 Å². The van der Waals surface area contributed by atoms with Crippen molar-refractivity contribution in [2.75, 3.05) is 0 Å². The highest BCUT2D eigenvalue weighted by Gasteiger charge is 2.13. The second kappa shape index (κ2) is 9.07. The van der Waals surface area contributed by atoms with Crippen molar-refractivity contribution in [2.24, 2.45) is 0 Å². The van der Waals surface area contributed by atoms with E-state index < -0.39 is 11.8 Å². The number of unbranched alkanes of at least 4 members (excludes halogenated alkanes) is 1. The van der Waals surface area contributed by atoms with E-state index in [4.69, 9.17) is 10.00 Å². The van der Waals surface area contributed by atoms with Crippen molar-refractivity contribution in [3.8, 4) is 23.1 Å². The number of carbonyl (C=O) groups excluding carboxylic acids is 1. The van der Waals surface area contributed by atoms with E-state index in [-0.39, 0.29) is 22.7 Å². The second-order valence-electron chi connectivity index (χ2n) is 6.49. The van der Waals surface area contributed by atoms with Crippen molar-refractivity contribution in [1.82, 2.24) is 4.98 Å². The number of aryl methyl sites for hydroxylation is 1. The Morgan fingerprint density at radius 3 is 2.55 bits per heavy atom. The zero-order valence-corrected chi connectivity index (χ0v) is 15.8. The van der Waals surface area contributed by atoms with Gasteiger partial charge in [0, 0.05) is 17.8 Å². The summed E-state index contributed by atoms with van der Waals surface area (Å²) in [6.07, 6.45) is 4.14. The van der Waals surface area contributed by atoms with Crippen LogP contribution in [0.1, 0.15) is 41.3 Å². The van der Waals surface area contributed by atoms with Crippen LogP contribution in [0.25, 0.3) is 11.3 Å². The number of nitrogens with zero attached hydrogens (tertiary/aromatic N) is 2. The topological polar surface area (TPSA) is 63.0 Å². The van der Waals surface area contributed by atoms with Crippen molar-refractivity contribution >= 4 is 5.97 Å². The van der Waals surface area contributed by atoms with E-state index in [9.17, 15) is 13.6 Å². The van der Waals surface area contributed by atoms with E-state index in [1.807, 2.05) is 6.07 Å². The first-order valence-electron chi connectivity index (χ1n) is 9.18. The van der Waals surface area contributed by atoms with Gasteiger partial charge in [0.05, 0.1) is 16.8 Å². The Labute approximate surface area is 167 Å². The molecule has 6 heteroatoms. The predicted molar refractivity (Wildman–Crippen MR) is 104 cm³/mol. The largest absolute Gasteiger partial charge is 0.423 e. The summed E-state index contributed by atoms with van der Waals surface area (Å²) in [4.78, 5) is 16.4. The lowest BCUT2D eigenvalue weighted by molar-refractivity contribution is 0.0734. The van der Waals surface area contributed by atoms with E-state index in [1.165, 1.54) is 36.5 Å². The molecule has 0 saturated carbocycles. The molecule has 3 rings (SSSR count). The molecule has 146 valence electrons. The molecule has 0 aliphatic rings. The van der Waals surface area contributed by atoms with Crippen molar-refractivity contribution in [3.63, 3.8) is 0 Å². The average molecular weight is 392 g/mol. The van der Waals surface area contributed by atoms with Crippen LogP contribution in [0.2, 0.25) is 0 Å². The summed E-state index contributed by atoms with van der Waals surface area (Å²) in [6, 6.07) is 13.3. The van der Waals surface area contributed by atoms with Crippen LogP contribution in [0.3, 0.4) is 0 Å². The fraction of sp³-hybridized carbons (Fsp3) is 0.174. The molecule has 1 aromatic heterocycles. The van der Waals surface area contributed by atoms with E-state index in [1.54, 1.807) is 12.1 Å². The maximum absolute atomic E-state index is 14.4. The second-order valence-corrected chi connectivity index (χ2v) is 6.49. The molecule has 0 unspecified atom stereocenters. The van der Waals surface area contributed by atoms with Gasteiger partial charge in [-0.3, -0.25) is 4.98 Å². The molecule has 0 bridgehead atoms. The summed E-state index contributed by atoms with van der Waals surface area (Å²) in [7, 11) is 0. The number of hydrogen-bond donors (Lipinski definition) is 0. The van der Waals surface area contributed by atoms with Gasteiger partial charge in [-0.15, -0.1) is 0 Å². The number of nitriles is 1. The number of ether oxygens (including phenoxy) is 1. The third-order valence-electron chi connectivity index (χ3n) is 4.40. The first kappa shape index (κ1) is 20.2. The molecule has 4 nitrogen and oxygen atoms in total. The summed E-state index contributed by atoms with van der Waals surface area (Å²) < 4.78 is 33.1. The molecule has 3 aromatic rings. The minimum Gasteiger partial charge on any atom is -0.423 e. The van der Waals surface area contributed by atoms with Crippen LogP contribution in [0, 0.1) is 23.0 Å². The summed E-state index contributed by atoms with van der Waals surface area (Å²) >= 11 is 0. The van der Waals surface area contributed by atoms with E-state index in [0.29, 0.717) is 11.3 Å². The number of pyridine rings is 1. The van der Waals surface area contributed by atoms with Crippen LogP contribution in [-0.2, 0) is 6.42 Å². The van der Waals surface area contributed by atoms with Crippen molar-refractivity contribution in [2.45, 2.75) is 26.2 Å². The lowest BCUT2D eigenvalue weighted by Crippen LogP contribution is -2.09. The molecule has 0 fully saturated rings. The highest BCUT2D eigenvalue weighted by molar-refractivity contribution is 5.91. The molecule has 1 heterocycles. The Morgan fingerprint density at radius 2 is 1.93 bits per heavy atom. The maximum atomic E-state index is 14.4. The quantitative estimate of drug-likeness (QED) is 0.413. The van der Waals surface area contributed by atoms with Gasteiger partial charge in [-0.05, 0) is 54.8 Å². The lowest BCUT2D eigenvalue weighted by Gasteiger charge is -2.07. The monoisotopic (exact) mass is 392 g/mol. The summed E-state index contributed by atoms with van der Waals surface area (Å²) in [5.41, 5.74) is 1.67. The third-order valence-corrected chi connectivity index (χ3v) is 4.40. The number of carbonyl (C=O) groups is 1. The first-order valence-corrected chi connectivity index (χ1v) is 9.18. The molecular weight excluding hydrogens is 374 g/mol. The zero-order valence-electron chi connectivity index (χ0n) is 15.8. The van der Waals surface area contributed by atoms with Crippen molar-refractivity contribution < 1.29 is 18.3 Å². The van der Waals surface area contributed by atoms with E-state index >= 15 is 0 Å². The van der Waals surface area contributed by atoms with Gasteiger partial charge in [0.15, 0.2) is 0 Å². The Bertz CT molecular complexity index is 1070. The predicted octanol–water partition coefficient (Wildman–Crippen LogP) is 5.46. The van der Waals surface area contributed by atoms with Gasteiger partial charge in [-0.25, -0.2) is 13.6 Å². The molecule has 0 aliphatic carbocycles. The molecular formula is C23H18F2N2O2. The molecule has 0 spiro atoms. The van der Waals surface area contributed by atoms with Gasteiger partial charge >= 0.3 is 5.97 Å². The normalized spacial score (nSPS) is 10.4. The number of aromatic nitrogens is 1. The molecule has 0 radical (unpaired) electrons. The highest BCUT2D eigenvalue weighted by atomic mass is 19.1. The molecule has 0 atom stereocenters. The number of esters is 1. The SMILES string of the molecule is CCCCc1ccc(-c2ccc(C(=O)Oc3ccc(C#N)c(F)c3)cn2)c(F)c1. The van der Waals surface area contributed by atoms with Gasteiger partial charge in [-0.1, -0.05) is 19.4 Å². The molecule has 0 aliphatic heterocycles. The number of hydrogen-bond acceptors (Lipinski definition) is 4. The van der Waals surface area contributed by atoms with Crippen molar-refractivity contribution in [3.05, 3.63) is 83.1 Å². The van der Waals surface area contributed by atoms with Crippen molar-refractivity contribution in [1.29, 1.82) is 5.26 Å². The smallest absolute Gasteiger partial charge is 0.345 e.